The number of nitrogens with zero attached hydrogens (tertiary/aromatic N) is 3. The molecule has 0 N–H and O–H groups in total. The number of rotatable bonds is 16. The Morgan fingerprint density at radius 3 is 1.91 bits per heavy atom. The zero-order valence-electron chi connectivity index (χ0n) is 27.9. The number of carbonyl (C=O) groups is 5. The summed E-state index contributed by atoms with van der Waals surface area (Å²) in [6.07, 6.45) is -1.27. The van der Waals surface area contributed by atoms with Gasteiger partial charge in [0.1, 0.15) is 29.9 Å². The number of benzene rings is 2. The SMILES string of the molecule is Cc1ccc(OC(=O)CCC(=O)OCCOC(=O)C(C)CC(C(=O)OC(C)C)C(C)C(=O)OC(C)C)c(-n2nc3ccccc3n2)c1. The molecule has 3 atom stereocenters. The fourth-order valence-electron chi connectivity index (χ4n) is 4.53. The molecule has 47 heavy (non-hydrogen) atoms. The Balaban J connectivity index is 1.45. The molecule has 0 fully saturated rings. The zero-order valence-corrected chi connectivity index (χ0v) is 27.9. The van der Waals surface area contributed by atoms with Gasteiger partial charge < -0.3 is 23.7 Å². The minimum Gasteiger partial charge on any atom is -0.463 e. The van der Waals surface area contributed by atoms with Crippen LogP contribution in [0.25, 0.3) is 16.7 Å². The zero-order chi connectivity index (χ0) is 34.7. The fourth-order valence-corrected chi connectivity index (χ4v) is 4.53. The Bertz CT molecular complexity index is 1530. The van der Waals surface area contributed by atoms with Crippen LogP contribution in [-0.4, -0.2) is 70.3 Å². The molecule has 3 aromatic rings. The third kappa shape index (κ3) is 11.2. The van der Waals surface area contributed by atoms with Crippen molar-refractivity contribution < 1.29 is 47.7 Å². The summed E-state index contributed by atoms with van der Waals surface area (Å²) >= 11 is 0. The fraction of sp³-hybridized carbons (Fsp3) is 0.500. The molecule has 13 heteroatoms. The highest BCUT2D eigenvalue weighted by molar-refractivity contribution is 5.83. The van der Waals surface area contributed by atoms with E-state index in [2.05, 4.69) is 10.2 Å². The molecular formula is C34H43N3O10. The second-order valence-electron chi connectivity index (χ2n) is 11.8. The van der Waals surface area contributed by atoms with Crippen molar-refractivity contribution in [2.75, 3.05) is 13.2 Å². The van der Waals surface area contributed by atoms with Crippen molar-refractivity contribution in [3.8, 4) is 11.4 Å². The lowest BCUT2D eigenvalue weighted by Crippen LogP contribution is -2.35. The normalized spacial score (nSPS) is 13.1. The molecule has 0 saturated heterocycles. The first kappa shape index (κ1) is 36.7. The largest absolute Gasteiger partial charge is 0.463 e. The van der Waals surface area contributed by atoms with E-state index in [1.54, 1.807) is 59.7 Å². The molecule has 1 aromatic heterocycles. The van der Waals surface area contributed by atoms with Crippen molar-refractivity contribution in [2.24, 2.45) is 17.8 Å². The second-order valence-corrected chi connectivity index (χ2v) is 11.8. The molecule has 3 unspecified atom stereocenters. The van der Waals surface area contributed by atoms with Crippen molar-refractivity contribution >= 4 is 40.9 Å². The van der Waals surface area contributed by atoms with Crippen LogP contribution in [0.2, 0.25) is 0 Å². The predicted molar refractivity (Wildman–Crippen MR) is 169 cm³/mol. The Morgan fingerprint density at radius 1 is 0.723 bits per heavy atom. The van der Waals surface area contributed by atoms with Gasteiger partial charge in [-0.25, -0.2) is 0 Å². The van der Waals surface area contributed by atoms with Crippen LogP contribution in [0, 0.1) is 24.7 Å². The quantitative estimate of drug-likeness (QED) is 0.0909. The van der Waals surface area contributed by atoms with E-state index in [0.29, 0.717) is 16.7 Å². The first-order chi connectivity index (χ1) is 22.2. The lowest BCUT2D eigenvalue weighted by molar-refractivity contribution is -0.166. The van der Waals surface area contributed by atoms with Gasteiger partial charge in [0.15, 0.2) is 5.75 Å². The van der Waals surface area contributed by atoms with Gasteiger partial charge in [-0.2, -0.15) is 0 Å². The van der Waals surface area contributed by atoms with Crippen LogP contribution in [-0.2, 0) is 42.9 Å². The topological polar surface area (TPSA) is 162 Å². The molecule has 3 rings (SSSR count). The molecule has 0 saturated carbocycles. The summed E-state index contributed by atoms with van der Waals surface area (Å²) in [4.78, 5) is 64.1. The van der Waals surface area contributed by atoms with Crippen LogP contribution in [0.1, 0.15) is 66.4 Å². The number of fused-ring (bicyclic) bond motifs is 1. The Morgan fingerprint density at radius 2 is 1.30 bits per heavy atom. The Labute approximate surface area is 273 Å². The molecule has 0 aliphatic rings. The van der Waals surface area contributed by atoms with Gasteiger partial charge in [0, 0.05) is 0 Å². The lowest BCUT2D eigenvalue weighted by atomic mass is 9.85. The molecule has 0 radical (unpaired) electrons. The van der Waals surface area contributed by atoms with E-state index in [-0.39, 0.29) is 44.3 Å². The van der Waals surface area contributed by atoms with Crippen LogP contribution in [0.5, 0.6) is 5.75 Å². The number of aromatic nitrogens is 3. The van der Waals surface area contributed by atoms with E-state index in [0.717, 1.165) is 5.56 Å². The van der Waals surface area contributed by atoms with Gasteiger partial charge in [0.2, 0.25) is 0 Å². The number of hydrogen-bond acceptors (Lipinski definition) is 12. The van der Waals surface area contributed by atoms with Crippen molar-refractivity contribution in [1.82, 2.24) is 15.0 Å². The molecule has 13 nitrogen and oxygen atoms in total. The molecular weight excluding hydrogens is 610 g/mol. The van der Waals surface area contributed by atoms with E-state index >= 15 is 0 Å². The first-order valence-electron chi connectivity index (χ1n) is 15.6. The number of hydrogen-bond donors (Lipinski definition) is 0. The molecule has 0 aliphatic heterocycles. The van der Waals surface area contributed by atoms with E-state index in [1.807, 2.05) is 31.2 Å². The molecule has 0 amide bonds. The van der Waals surface area contributed by atoms with E-state index in [4.69, 9.17) is 23.7 Å². The van der Waals surface area contributed by atoms with Gasteiger partial charge in [0.05, 0.1) is 42.8 Å². The first-order valence-corrected chi connectivity index (χ1v) is 15.6. The third-order valence-corrected chi connectivity index (χ3v) is 6.96. The summed E-state index contributed by atoms with van der Waals surface area (Å²) in [5.41, 5.74) is 2.75. The molecule has 0 aliphatic carbocycles. The van der Waals surface area contributed by atoms with Crippen LogP contribution in [0.3, 0.4) is 0 Å². The predicted octanol–water partition coefficient (Wildman–Crippen LogP) is 4.68. The molecule has 0 spiro atoms. The summed E-state index contributed by atoms with van der Waals surface area (Å²) in [6, 6.07) is 12.6. The van der Waals surface area contributed by atoms with Crippen molar-refractivity contribution in [1.29, 1.82) is 0 Å². The van der Waals surface area contributed by atoms with Gasteiger partial charge >= 0.3 is 29.8 Å². The summed E-state index contributed by atoms with van der Waals surface area (Å²) in [5, 5.41) is 8.90. The molecule has 254 valence electrons. The van der Waals surface area contributed by atoms with Crippen LogP contribution in [0.4, 0.5) is 0 Å². The molecule has 2 aromatic carbocycles. The van der Waals surface area contributed by atoms with Crippen molar-refractivity contribution in [3.63, 3.8) is 0 Å². The lowest BCUT2D eigenvalue weighted by Gasteiger charge is -2.25. The number of carbonyl (C=O) groups excluding carboxylic acids is 5. The molecule has 0 bridgehead atoms. The minimum atomic E-state index is -0.921. The van der Waals surface area contributed by atoms with Gasteiger partial charge in [-0.15, -0.1) is 15.0 Å². The summed E-state index contributed by atoms with van der Waals surface area (Å²) < 4.78 is 26.4. The van der Waals surface area contributed by atoms with E-state index in [9.17, 15) is 24.0 Å². The Hall–Kier alpha value is -4.81. The maximum absolute atomic E-state index is 12.7. The highest BCUT2D eigenvalue weighted by Gasteiger charge is 2.36. The van der Waals surface area contributed by atoms with E-state index in [1.165, 1.54) is 4.80 Å². The average molecular weight is 654 g/mol. The van der Waals surface area contributed by atoms with Crippen molar-refractivity contribution in [2.45, 2.75) is 79.9 Å². The van der Waals surface area contributed by atoms with Crippen molar-refractivity contribution in [3.05, 3.63) is 48.0 Å². The molecule has 1 heterocycles. The number of esters is 5. The average Bonchev–Trinajstić information content (AvgIpc) is 3.44. The second kappa shape index (κ2) is 17.2. The maximum atomic E-state index is 12.7. The number of aryl methyl sites for hydroxylation is 1. The number of ether oxygens (including phenoxy) is 5. The summed E-state index contributed by atoms with van der Waals surface area (Å²) in [6.45, 7) is 11.3. The van der Waals surface area contributed by atoms with Crippen LogP contribution in [0.15, 0.2) is 42.5 Å². The third-order valence-electron chi connectivity index (χ3n) is 6.96. The monoisotopic (exact) mass is 653 g/mol. The summed E-state index contributed by atoms with van der Waals surface area (Å²) in [5.74, 6) is -5.42. The maximum Gasteiger partial charge on any atom is 0.311 e. The van der Waals surface area contributed by atoms with Gasteiger partial charge in [-0.3, -0.25) is 24.0 Å². The Kier molecular flexibility index (Phi) is 13.4. The van der Waals surface area contributed by atoms with Crippen LogP contribution >= 0.6 is 0 Å². The van der Waals surface area contributed by atoms with E-state index < -0.39 is 53.7 Å². The standard InChI is InChI=1S/C34H43N3O10/c1-20(2)45-33(41)24(7)25(34(42)46-21(3)4)19-23(6)32(40)44-17-16-43-30(38)14-15-31(39)47-29-13-12-22(5)18-28(29)37-35-26-10-8-9-11-27(26)36-37/h8-13,18,20-21,23-25H,14-17,19H2,1-7H3. The van der Waals surface area contributed by atoms with Gasteiger partial charge in [0.25, 0.3) is 0 Å². The highest BCUT2D eigenvalue weighted by atomic mass is 16.6. The summed E-state index contributed by atoms with van der Waals surface area (Å²) in [7, 11) is 0. The highest BCUT2D eigenvalue weighted by Crippen LogP contribution is 2.26. The van der Waals surface area contributed by atoms with Gasteiger partial charge in [-0.1, -0.05) is 32.0 Å². The van der Waals surface area contributed by atoms with Gasteiger partial charge in [-0.05, 0) is 70.9 Å². The smallest absolute Gasteiger partial charge is 0.311 e. The minimum absolute atomic E-state index is 0.00374. The van der Waals surface area contributed by atoms with Crippen LogP contribution < -0.4 is 4.74 Å².